The summed E-state index contributed by atoms with van der Waals surface area (Å²) in [5.74, 6) is 0. The monoisotopic (exact) mass is 214 g/mol. The molecule has 1 aliphatic heterocycles. The van der Waals surface area contributed by atoms with Gasteiger partial charge >= 0.3 is 0 Å². The van der Waals surface area contributed by atoms with Crippen molar-refractivity contribution in [3.63, 3.8) is 0 Å². The highest BCUT2D eigenvalue weighted by molar-refractivity contribution is 4.94. The zero-order chi connectivity index (χ0) is 11.9. The minimum atomic E-state index is -0.185. The first-order valence-corrected chi connectivity index (χ1v) is 5.89. The van der Waals surface area contributed by atoms with E-state index in [0.29, 0.717) is 5.41 Å². The molecule has 1 rings (SSSR count). The Balaban J connectivity index is 2.50. The molecule has 0 radical (unpaired) electrons. The summed E-state index contributed by atoms with van der Waals surface area (Å²) in [7, 11) is 0. The summed E-state index contributed by atoms with van der Waals surface area (Å²) in [6.45, 7) is 15.1. The van der Waals surface area contributed by atoms with E-state index in [-0.39, 0.29) is 17.5 Å². The molecule has 0 bridgehead atoms. The van der Waals surface area contributed by atoms with E-state index in [1.807, 2.05) is 0 Å². The third-order valence-corrected chi connectivity index (χ3v) is 3.43. The highest BCUT2D eigenvalue weighted by Gasteiger charge is 2.48. The average Bonchev–Trinajstić information content (AvgIpc) is 2.16. The molecule has 0 aromatic heterocycles. The zero-order valence-corrected chi connectivity index (χ0v) is 11.3. The molecule has 0 unspecified atom stereocenters. The summed E-state index contributed by atoms with van der Waals surface area (Å²) in [4.78, 5) is 0. The van der Waals surface area contributed by atoms with Crippen LogP contribution in [0.4, 0.5) is 0 Å². The summed E-state index contributed by atoms with van der Waals surface area (Å²) in [6, 6.07) is 0. The van der Waals surface area contributed by atoms with Crippen molar-refractivity contribution in [1.82, 2.24) is 0 Å². The molecule has 0 amide bonds. The van der Waals surface area contributed by atoms with Crippen LogP contribution in [0.3, 0.4) is 0 Å². The van der Waals surface area contributed by atoms with Crippen molar-refractivity contribution in [2.45, 2.75) is 78.8 Å². The number of rotatable bonds is 2. The molecule has 0 aromatic carbocycles. The van der Waals surface area contributed by atoms with E-state index in [9.17, 15) is 0 Å². The Morgan fingerprint density at radius 2 is 1.33 bits per heavy atom. The van der Waals surface area contributed by atoms with Gasteiger partial charge in [0.2, 0.25) is 0 Å². The lowest BCUT2D eigenvalue weighted by Crippen LogP contribution is -2.41. The second kappa shape index (κ2) is 3.74. The van der Waals surface area contributed by atoms with Crippen LogP contribution in [-0.2, 0) is 9.47 Å². The van der Waals surface area contributed by atoms with Gasteiger partial charge in [0, 0.05) is 0 Å². The van der Waals surface area contributed by atoms with Gasteiger partial charge in [-0.05, 0) is 46.0 Å². The standard InChI is InChI=1S/C13H26O2/c1-11(2,3)9-8-10-14-12(4,5)13(6,7)15-10/h10H,8-9H2,1-7H3. The van der Waals surface area contributed by atoms with E-state index in [1.165, 1.54) is 0 Å². The Labute approximate surface area is 94.3 Å². The van der Waals surface area contributed by atoms with Crippen LogP contribution in [-0.4, -0.2) is 17.5 Å². The average molecular weight is 214 g/mol. The molecular formula is C13H26O2. The van der Waals surface area contributed by atoms with Crippen molar-refractivity contribution in [3.05, 3.63) is 0 Å². The summed E-state index contributed by atoms with van der Waals surface area (Å²) < 4.78 is 11.9. The lowest BCUT2D eigenvalue weighted by Gasteiger charge is -2.30. The van der Waals surface area contributed by atoms with E-state index >= 15 is 0 Å². The summed E-state index contributed by atoms with van der Waals surface area (Å²) >= 11 is 0. The van der Waals surface area contributed by atoms with E-state index in [1.54, 1.807) is 0 Å². The van der Waals surface area contributed by atoms with Crippen LogP contribution in [0.5, 0.6) is 0 Å². The quantitative estimate of drug-likeness (QED) is 0.697. The van der Waals surface area contributed by atoms with Gasteiger partial charge in [0.25, 0.3) is 0 Å². The van der Waals surface area contributed by atoms with Crippen LogP contribution >= 0.6 is 0 Å². The van der Waals surface area contributed by atoms with Crippen molar-refractivity contribution in [3.8, 4) is 0 Å². The van der Waals surface area contributed by atoms with Gasteiger partial charge in [0.15, 0.2) is 6.29 Å². The SMILES string of the molecule is CC(C)(C)CCC1OC(C)(C)C(C)(C)O1. The molecule has 1 heterocycles. The molecule has 0 aliphatic carbocycles. The topological polar surface area (TPSA) is 18.5 Å². The fourth-order valence-corrected chi connectivity index (χ4v) is 1.63. The Hall–Kier alpha value is -0.0800. The van der Waals surface area contributed by atoms with Crippen molar-refractivity contribution in [2.24, 2.45) is 5.41 Å². The van der Waals surface area contributed by atoms with Crippen LogP contribution < -0.4 is 0 Å². The fraction of sp³-hybridized carbons (Fsp3) is 1.00. The molecule has 0 saturated carbocycles. The largest absolute Gasteiger partial charge is 0.344 e. The molecule has 0 N–H and O–H groups in total. The molecule has 1 fully saturated rings. The van der Waals surface area contributed by atoms with Gasteiger partial charge in [-0.1, -0.05) is 20.8 Å². The molecular weight excluding hydrogens is 188 g/mol. The predicted octanol–water partition coefficient (Wildman–Crippen LogP) is 3.74. The second-order valence-corrected chi connectivity index (χ2v) is 6.79. The minimum Gasteiger partial charge on any atom is -0.344 e. The predicted molar refractivity (Wildman–Crippen MR) is 62.8 cm³/mol. The van der Waals surface area contributed by atoms with Crippen LogP contribution in [0.25, 0.3) is 0 Å². The number of ether oxygens (including phenoxy) is 2. The van der Waals surface area contributed by atoms with Gasteiger partial charge in [0.1, 0.15) is 0 Å². The normalized spacial score (nSPS) is 25.8. The first kappa shape index (κ1) is 13.0. The lowest BCUT2D eigenvalue weighted by molar-refractivity contribution is -0.0947. The third-order valence-electron chi connectivity index (χ3n) is 3.43. The van der Waals surface area contributed by atoms with Gasteiger partial charge in [-0.3, -0.25) is 0 Å². The molecule has 2 nitrogen and oxygen atoms in total. The number of hydrogen-bond donors (Lipinski definition) is 0. The van der Waals surface area contributed by atoms with Crippen molar-refractivity contribution < 1.29 is 9.47 Å². The lowest BCUT2D eigenvalue weighted by atomic mass is 9.90. The van der Waals surface area contributed by atoms with Gasteiger partial charge in [-0.15, -0.1) is 0 Å². The first-order chi connectivity index (χ1) is 6.54. The van der Waals surface area contributed by atoms with Crippen LogP contribution in [0.1, 0.15) is 61.3 Å². The second-order valence-electron chi connectivity index (χ2n) is 6.79. The Bertz CT molecular complexity index is 207. The Morgan fingerprint density at radius 1 is 0.933 bits per heavy atom. The fourth-order valence-electron chi connectivity index (χ4n) is 1.63. The summed E-state index contributed by atoms with van der Waals surface area (Å²) in [6.07, 6.45) is 2.08. The van der Waals surface area contributed by atoms with Crippen LogP contribution in [0, 0.1) is 5.41 Å². The smallest absolute Gasteiger partial charge is 0.159 e. The maximum absolute atomic E-state index is 5.94. The van der Waals surface area contributed by atoms with Crippen molar-refractivity contribution in [1.29, 1.82) is 0 Å². The summed E-state index contributed by atoms with van der Waals surface area (Å²) in [5, 5.41) is 0. The highest BCUT2D eigenvalue weighted by atomic mass is 16.7. The van der Waals surface area contributed by atoms with Gasteiger partial charge in [-0.2, -0.15) is 0 Å². The summed E-state index contributed by atoms with van der Waals surface area (Å²) in [5.41, 5.74) is -0.0191. The molecule has 0 atom stereocenters. The first-order valence-electron chi connectivity index (χ1n) is 5.89. The molecule has 0 spiro atoms. The Morgan fingerprint density at radius 3 is 1.67 bits per heavy atom. The molecule has 1 aliphatic rings. The minimum absolute atomic E-state index is 0.0331. The van der Waals surface area contributed by atoms with E-state index < -0.39 is 0 Å². The molecule has 0 aromatic rings. The van der Waals surface area contributed by atoms with E-state index in [4.69, 9.17) is 9.47 Å². The third kappa shape index (κ3) is 3.18. The van der Waals surface area contributed by atoms with Crippen molar-refractivity contribution in [2.75, 3.05) is 0 Å². The highest BCUT2D eigenvalue weighted by Crippen LogP contribution is 2.40. The molecule has 90 valence electrons. The van der Waals surface area contributed by atoms with Crippen molar-refractivity contribution >= 4 is 0 Å². The van der Waals surface area contributed by atoms with E-state index in [0.717, 1.165) is 12.8 Å². The van der Waals surface area contributed by atoms with Gasteiger partial charge in [0.05, 0.1) is 11.2 Å². The maximum Gasteiger partial charge on any atom is 0.159 e. The van der Waals surface area contributed by atoms with Crippen LogP contribution in [0.2, 0.25) is 0 Å². The van der Waals surface area contributed by atoms with Gasteiger partial charge < -0.3 is 9.47 Å². The molecule has 2 heteroatoms. The molecule has 1 saturated heterocycles. The zero-order valence-electron chi connectivity index (χ0n) is 11.3. The van der Waals surface area contributed by atoms with Gasteiger partial charge in [-0.25, -0.2) is 0 Å². The maximum atomic E-state index is 5.94. The van der Waals surface area contributed by atoms with Crippen LogP contribution in [0.15, 0.2) is 0 Å². The number of hydrogen-bond acceptors (Lipinski definition) is 2. The molecule has 15 heavy (non-hydrogen) atoms. The van der Waals surface area contributed by atoms with E-state index in [2.05, 4.69) is 48.5 Å². The Kier molecular flexibility index (Phi) is 3.24.